The van der Waals surface area contributed by atoms with Gasteiger partial charge < -0.3 is 19.7 Å². The van der Waals surface area contributed by atoms with Crippen molar-refractivity contribution in [3.05, 3.63) is 53.8 Å². The third-order valence-electron chi connectivity index (χ3n) is 5.20. The molecule has 0 spiro atoms. The smallest absolute Gasteiger partial charge is 0.317 e. The number of sulfonamides is 1. The third-order valence-corrected chi connectivity index (χ3v) is 7.10. The van der Waals surface area contributed by atoms with Crippen molar-refractivity contribution in [2.75, 3.05) is 40.4 Å². The van der Waals surface area contributed by atoms with E-state index in [4.69, 9.17) is 9.47 Å². The van der Waals surface area contributed by atoms with E-state index in [1.807, 2.05) is 6.92 Å². The molecule has 176 valence electrons. The number of amides is 2. The Bertz CT molecular complexity index is 1050. The monoisotopic (exact) mass is 487 g/mol. The van der Waals surface area contributed by atoms with Gasteiger partial charge in [0.05, 0.1) is 25.2 Å². The quantitative estimate of drug-likeness (QED) is 0.676. The SMILES string of the molecule is COc1ccc(OC)c(C(C)NC(=O)N2CCN(S(=O)(=O)c3cccc(F)c3)CC2)c1.Cl. The fraction of sp³-hybridized carbons (Fsp3) is 0.381. The lowest BCUT2D eigenvalue weighted by atomic mass is 10.1. The fourth-order valence-corrected chi connectivity index (χ4v) is 4.89. The zero-order valence-electron chi connectivity index (χ0n) is 18.1. The van der Waals surface area contributed by atoms with Crippen LogP contribution in [0.4, 0.5) is 9.18 Å². The van der Waals surface area contributed by atoms with Crippen LogP contribution in [0.25, 0.3) is 0 Å². The van der Waals surface area contributed by atoms with Crippen LogP contribution in [0.3, 0.4) is 0 Å². The predicted molar refractivity (Wildman–Crippen MR) is 120 cm³/mol. The molecular weight excluding hydrogens is 461 g/mol. The Morgan fingerprint density at radius 2 is 1.75 bits per heavy atom. The number of ether oxygens (including phenoxy) is 2. The number of halogens is 2. The molecule has 32 heavy (non-hydrogen) atoms. The second-order valence-corrected chi connectivity index (χ2v) is 9.07. The zero-order valence-corrected chi connectivity index (χ0v) is 19.7. The lowest BCUT2D eigenvalue weighted by molar-refractivity contribution is 0.169. The van der Waals surface area contributed by atoms with Crippen molar-refractivity contribution in [1.82, 2.24) is 14.5 Å². The van der Waals surface area contributed by atoms with Crippen LogP contribution < -0.4 is 14.8 Å². The Morgan fingerprint density at radius 1 is 1.06 bits per heavy atom. The van der Waals surface area contributed by atoms with E-state index in [-0.39, 0.29) is 55.6 Å². The summed E-state index contributed by atoms with van der Waals surface area (Å²) in [7, 11) is -0.696. The molecule has 0 bridgehead atoms. The Kier molecular flexibility index (Phi) is 8.71. The van der Waals surface area contributed by atoms with Gasteiger partial charge in [0, 0.05) is 31.7 Å². The number of methoxy groups -OCH3 is 2. The molecule has 1 saturated heterocycles. The Morgan fingerprint density at radius 3 is 2.34 bits per heavy atom. The summed E-state index contributed by atoms with van der Waals surface area (Å²) in [6.07, 6.45) is 0. The van der Waals surface area contributed by atoms with Crippen molar-refractivity contribution in [2.45, 2.75) is 17.9 Å². The first-order valence-electron chi connectivity index (χ1n) is 9.79. The highest BCUT2D eigenvalue weighted by Gasteiger charge is 2.31. The van der Waals surface area contributed by atoms with Crippen molar-refractivity contribution in [3.63, 3.8) is 0 Å². The minimum atomic E-state index is -3.81. The zero-order chi connectivity index (χ0) is 22.6. The average Bonchev–Trinajstić information content (AvgIpc) is 2.78. The van der Waals surface area contributed by atoms with Crippen LogP contribution in [0.15, 0.2) is 47.4 Å². The summed E-state index contributed by atoms with van der Waals surface area (Å²) in [6, 6.07) is 9.60. The maximum Gasteiger partial charge on any atom is 0.317 e. The van der Waals surface area contributed by atoms with Crippen molar-refractivity contribution < 1.29 is 27.1 Å². The number of nitrogens with one attached hydrogen (secondary N) is 1. The molecule has 1 unspecified atom stereocenters. The number of rotatable bonds is 6. The summed E-state index contributed by atoms with van der Waals surface area (Å²) in [6.45, 7) is 2.54. The number of carbonyl (C=O) groups excluding carboxylic acids is 1. The van der Waals surface area contributed by atoms with E-state index < -0.39 is 15.8 Å². The highest BCUT2D eigenvalue weighted by atomic mass is 35.5. The van der Waals surface area contributed by atoms with Gasteiger partial charge >= 0.3 is 6.03 Å². The highest BCUT2D eigenvalue weighted by Crippen LogP contribution is 2.29. The molecule has 11 heteroatoms. The molecular formula is C21H27ClFN3O5S. The number of nitrogens with zero attached hydrogens (tertiary/aromatic N) is 2. The van der Waals surface area contributed by atoms with Gasteiger partial charge in [-0.2, -0.15) is 4.31 Å². The Labute approximate surface area is 193 Å². The number of carbonyl (C=O) groups is 1. The molecule has 0 aliphatic carbocycles. The summed E-state index contributed by atoms with van der Waals surface area (Å²) in [5.74, 6) is 0.661. The molecule has 1 heterocycles. The van der Waals surface area contributed by atoms with Crippen LogP contribution in [0.5, 0.6) is 11.5 Å². The normalized spacial score (nSPS) is 15.4. The second-order valence-electron chi connectivity index (χ2n) is 7.13. The largest absolute Gasteiger partial charge is 0.497 e. The van der Waals surface area contributed by atoms with E-state index in [0.717, 1.165) is 11.6 Å². The van der Waals surface area contributed by atoms with Crippen LogP contribution in [0, 0.1) is 5.82 Å². The molecule has 0 radical (unpaired) electrons. The first-order valence-corrected chi connectivity index (χ1v) is 11.2. The van der Waals surface area contributed by atoms with Gasteiger partial charge in [0.2, 0.25) is 10.0 Å². The first kappa shape index (κ1) is 25.7. The van der Waals surface area contributed by atoms with Crippen LogP contribution in [0.2, 0.25) is 0 Å². The molecule has 1 N–H and O–H groups in total. The Hall–Kier alpha value is -2.56. The molecule has 8 nitrogen and oxygen atoms in total. The number of hydrogen-bond acceptors (Lipinski definition) is 5. The summed E-state index contributed by atoms with van der Waals surface area (Å²) in [4.78, 5) is 14.2. The second kappa shape index (κ2) is 10.8. The third kappa shape index (κ3) is 5.62. The minimum Gasteiger partial charge on any atom is -0.497 e. The molecule has 3 rings (SSSR count). The summed E-state index contributed by atoms with van der Waals surface area (Å²) in [5.41, 5.74) is 0.766. The maximum atomic E-state index is 13.4. The molecule has 0 aromatic heterocycles. The summed E-state index contributed by atoms with van der Waals surface area (Å²) >= 11 is 0. The van der Waals surface area contributed by atoms with E-state index in [1.165, 1.54) is 22.5 Å². The van der Waals surface area contributed by atoms with Gasteiger partial charge in [0.25, 0.3) is 0 Å². The van der Waals surface area contributed by atoms with Gasteiger partial charge in [-0.3, -0.25) is 0 Å². The van der Waals surface area contributed by atoms with Crippen LogP contribution in [-0.4, -0.2) is 64.1 Å². The molecule has 0 saturated carbocycles. The first-order chi connectivity index (χ1) is 14.8. The van der Waals surface area contributed by atoms with Crippen LogP contribution in [-0.2, 0) is 10.0 Å². The number of benzene rings is 2. The summed E-state index contributed by atoms with van der Waals surface area (Å²) in [5, 5.41) is 2.92. The van der Waals surface area contributed by atoms with E-state index in [0.29, 0.717) is 11.5 Å². The van der Waals surface area contributed by atoms with Gasteiger partial charge in [0.1, 0.15) is 17.3 Å². The molecule has 1 aliphatic heterocycles. The van der Waals surface area contributed by atoms with E-state index in [9.17, 15) is 17.6 Å². The van der Waals surface area contributed by atoms with Crippen LogP contribution >= 0.6 is 12.4 Å². The van der Waals surface area contributed by atoms with Gasteiger partial charge in [-0.25, -0.2) is 17.6 Å². The molecule has 1 atom stereocenters. The molecule has 1 fully saturated rings. The van der Waals surface area contributed by atoms with Crippen molar-refractivity contribution >= 4 is 28.5 Å². The van der Waals surface area contributed by atoms with Crippen LogP contribution in [0.1, 0.15) is 18.5 Å². The van der Waals surface area contributed by atoms with E-state index in [1.54, 1.807) is 37.3 Å². The molecule has 2 amide bonds. The lowest BCUT2D eigenvalue weighted by Gasteiger charge is -2.34. The van der Waals surface area contributed by atoms with Crippen molar-refractivity contribution in [2.24, 2.45) is 0 Å². The number of piperazine rings is 1. The number of urea groups is 1. The summed E-state index contributed by atoms with van der Waals surface area (Å²) < 4.78 is 50.8. The van der Waals surface area contributed by atoms with Gasteiger partial charge in [0.15, 0.2) is 0 Å². The predicted octanol–water partition coefficient (Wildman–Crippen LogP) is 3.04. The van der Waals surface area contributed by atoms with E-state index in [2.05, 4.69) is 5.32 Å². The number of hydrogen-bond donors (Lipinski definition) is 1. The Balaban J connectivity index is 0.00000363. The average molecular weight is 488 g/mol. The van der Waals surface area contributed by atoms with Gasteiger partial charge in [-0.15, -0.1) is 12.4 Å². The maximum absolute atomic E-state index is 13.4. The topological polar surface area (TPSA) is 88.2 Å². The molecule has 2 aromatic rings. The molecule has 1 aliphatic rings. The molecule has 2 aromatic carbocycles. The highest BCUT2D eigenvalue weighted by molar-refractivity contribution is 7.89. The van der Waals surface area contributed by atoms with E-state index >= 15 is 0 Å². The van der Waals surface area contributed by atoms with Crippen molar-refractivity contribution in [3.8, 4) is 11.5 Å². The lowest BCUT2D eigenvalue weighted by Crippen LogP contribution is -2.53. The standard InChI is InChI=1S/C21H26FN3O5S.ClH/c1-15(19-14-17(29-2)7-8-20(19)30-3)23-21(26)24-9-11-25(12-10-24)31(27,28)18-6-4-5-16(22)13-18;/h4-8,13-15H,9-12H2,1-3H3,(H,23,26);1H. The fourth-order valence-electron chi connectivity index (χ4n) is 3.44. The minimum absolute atomic E-state index is 0. The van der Waals surface area contributed by atoms with Crippen molar-refractivity contribution in [1.29, 1.82) is 0 Å². The van der Waals surface area contributed by atoms with Gasteiger partial charge in [-0.1, -0.05) is 6.07 Å². The van der Waals surface area contributed by atoms with Gasteiger partial charge in [-0.05, 0) is 43.3 Å².